The van der Waals surface area contributed by atoms with Gasteiger partial charge in [-0.2, -0.15) is 0 Å². The SMILES string of the molecule is O=C1CCCc2ccccc2S1. The number of thioether (sulfide) groups is 1. The molecular weight excluding hydrogens is 168 g/mol. The van der Waals surface area contributed by atoms with E-state index in [2.05, 4.69) is 6.07 Å². The molecule has 0 aliphatic carbocycles. The maximum absolute atomic E-state index is 11.2. The summed E-state index contributed by atoms with van der Waals surface area (Å²) in [6.45, 7) is 0. The van der Waals surface area contributed by atoms with Gasteiger partial charge in [0.15, 0.2) is 5.12 Å². The van der Waals surface area contributed by atoms with Crippen molar-refractivity contribution in [1.29, 1.82) is 0 Å². The molecule has 0 radical (unpaired) electrons. The molecule has 1 nitrogen and oxygen atoms in total. The summed E-state index contributed by atoms with van der Waals surface area (Å²) < 4.78 is 0. The van der Waals surface area contributed by atoms with Crippen LogP contribution in [0, 0.1) is 0 Å². The Labute approximate surface area is 76.2 Å². The minimum Gasteiger partial charge on any atom is -0.287 e. The first-order valence-electron chi connectivity index (χ1n) is 4.15. The van der Waals surface area contributed by atoms with Gasteiger partial charge in [0.25, 0.3) is 0 Å². The summed E-state index contributed by atoms with van der Waals surface area (Å²) in [4.78, 5) is 12.4. The van der Waals surface area contributed by atoms with E-state index in [9.17, 15) is 4.79 Å². The molecule has 0 amide bonds. The molecule has 0 aromatic heterocycles. The van der Waals surface area contributed by atoms with E-state index >= 15 is 0 Å². The van der Waals surface area contributed by atoms with Crippen LogP contribution in [0.4, 0.5) is 0 Å². The van der Waals surface area contributed by atoms with Gasteiger partial charge < -0.3 is 0 Å². The van der Waals surface area contributed by atoms with E-state index in [1.54, 1.807) is 0 Å². The Balaban J connectivity index is 2.37. The summed E-state index contributed by atoms with van der Waals surface area (Å²) >= 11 is 1.39. The van der Waals surface area contributed by atoms with Crippen LogP contribution in [0.15, 0.2) is 29.2 Å². The largest absolute Gasteiger partial charge is 0.287 e. The molecule has 1 aromatic carbocycles. The highest BCUT2D eigenvalue weighted by molar-refractivity contribution is 8.13. The van der Waals surface area contributed by atoms with Crippen molar-refractivity contribution >= 4 is 16.9 Å². The van der Waals surface area contributed by atoms with Crippen molar-refractivity contribution in [2.45, 2.75) is 24.2 Å². The standard InChI is InChI=1S/C10H10OS/c11-10-7-3-5-8-4-1-2-6-9(8)12-10/h1-2,4,6H,3,5,7H2. The predicted octanol–water partition coefficient (Wildman–Crippen LogP) is 2.64. The van der Waals surface area contributed by atoms with Gasteiger partial charge in [0.1, 0.15) is 0 Å². The zero-order valence-electron chi connectivity index (χ0n) is 6.75. The van der Waals surface area contributed by atoms with Crippen molar-refractivity contribution in [3.8, 4) is 0 Å². The van der Waals surface area contributed by atoms with Crippen molar-refractivity contribution in [1.82, 2.24) is 0 Å². The van der Waals surface area contributed by atoms with Crippen LogP contribution in [-0.4, -0.2) is 5.12 Å². The Morgan fingerprint density at radius 1 is 1.17 bits per heavy atom. The van der Waals surface area contributed by atoms with Crippen LogP contribution in [0.3, 0.4) is 0 Å². The van der Waals surface area contributed by atoms with Gasteiger partial charge in [-0.05, 0) is 24.5 Å². The molecule has 0 spiro atoms. The molecule has 0 atom stereocenters. The second kappa shape index (κ2) is 3.31. The second-order valence-electron chi connectivity index (χ2n) is 2.94. The van der Waals surface area contributed by atoms with Crippen LogP contribution in [-0.2, 0) is 11.2 Å². The maximum Gasteiger partial charge on any atom is 0.193 e. The van der Waals surface area contributed by atoms with E-state index in [1.807, 2.05) is 18.2 Å². The van der Waals surface area contributed by atoms with Crippen LogP contribution in [0.25, 0.3) is 0 Å². The molecule has 0 saturated carbocycles. The maximum atomic E-state index is 11.2. The molecule has 1 aliphatic heterocycles. The average molecular weight is 178 g/mol. The molecule has 1 aromatic rings. The van der Waals surface area contributed by atoms with Crippen molar-refractivity contribution in [2.75, 3.05) is 0 Å². The molecule has 1 aliphatic rings. The topological polar surface area (TPSA) is 17.1 Å². The van der Waals surface area contributed by atoms with Crippen molar-refractivity contribution in [3.05, 3.63) is 29.8 Å². The van der Waals surface area contributed by atoms with E-state index in [0.29, 0.717) is 5.12 Å². The van der Waals surface area contributed by atoms with Gasteiger partial charge in [0.05, 0.1) is 0 Å². The van der Waals surface area contributed by atoms with Crippen molar-refractivity contribution in [2.24, 2.45) is 0 Å². The first-order chi connectivity index (χ1) is 5.86. The lowest BCUT2D eigenvalue weighted by Crippen LogP contribution is -1.86. The highest BCUT2D eigenvalue weighted by Crippen LogP contribution is 2.29. The van der Waals surface area contributed by atoms with Gasteiger partial charge in [0, 0.05) is 11.3 Å². The van der Waals surface area contributed by atoms with E-state index in [1.165, 1.54) is 17.3 Å². The van der Waals surface area contributed by atoms with Gasteiger partial charge in [-0.15, -0.1) is 0 Å². The monoisotopic (exact) mass is 178 g/mol. The molecule has 12 heavy (non-hydrogen) atoms. The fraction of sp³-hybridized carbons (Fsp3) is 0.300. The fourth-order valence-corrected chi connectivity index (χ4v) is 2.35. The molecule has 0 unspecified atom stereocenters. The summed E-state index contributed by atoms with van der Waals surface area (Å²) in [5.41, 5.74) is 1.33. The first-order valence-corrected chi connectivity index (χ1v) is 4.96. The quantitative estimate of drug-likeness (QED) is 0.607. The van der Waals surface area contributed by atoms with Crippen LogP contribution in [0.5, 0.6) is 0 Å². The molecule has 2 heteroatoms. The minimum atomic E-state index is 0.306. The van der Waals surface area contributed by atoms with E-state index in [0.717, 1.165) is 24.2 Å². The van der Waals surface area contributed by atoms with Gasteiger partial charge in [-0.1, -0.05) is 30.0 Å². The summed E-state index contributed by atoms with van der Waals surface area (Å²) in [7, 11) is 0. The van der Waals surface area contributed by atoms with E-state index < -0.39 is 0 Å². The fourth-order valence-electron chi connectivity index (χ4n) is 1.41. The number of benzene rings is 1. The second-order valence-corrected chi connectivity index (χ2v) is 4.03. The smallest absolute Gasteiger partial charge is 0.193 e. The molecule has 1 heterocycles. The number of carbonyl (C=O) groups is 1. The van der Waals surface area contributed by atoms with Crippen LogP contribution in [0.2, 0.25) is 0 Å². The van der Waals surface area contributed by atoms with Crippen LogP contribution >= 0.6 is 11.8 Å². The Morgan fingerprint density at radius 3 is 2.92 bits per heavy atom. The third-order valence-electron chi connectivity index (χ3n) is 2.02. The zero-order chi connectivity index (χ0) is 8.39. The predicted molar refractivity (Wildman–Crippen MR) is 50.2 cm³/mol. The Hall–Kier alpha value is -0.760. The number of hydrogen-bond acceptors (Lipinski definition) is 2. The van der Waals surface area contributed by atoms with Gasteiger partial charge in [-0.25, -0.2) is 0 Å². The van der Waals surface area contributed by atoms with Crippen LogP contribution in [0.1, 0.15) is 18.4 Å². The van der Waals surface area contributed by atoms with Crippen molar-refractivity contribution < 1.29 is 4.79 Å². The molecule has 62 valence electrons. The van der Waals surface area contributed by atoms with E-state index in [4.69, 9.17) is 0 Å². The third-order valence-corrected chi connectivity index (χ3v) is 3.07. The zero-order valence-corrected chi connectivity index (χ0v) is 7.56. The van der Waals surface area contributed by atoms with Crippen molar-refractivity contribution in [3.63, 3.8) is 0 Å². The lowest BCUT2D eigenvalue weighted by molar-refractivity contribution is -0.111. The number of hydrogen-bond donors (Lipinski definition) is 0. The summed E-state index contributed by atoms with van der Waals surface area (Å²) in [6, 6.07) is 8.17. The van der Waals surface area contributed by atoms with E-state index in [-0.39, 0.29) is 0 Å². The summed E-state index contributed by atoms with van der Waals surface area (Å²) in [5.74, 6) is 0. The molecule has 0 saturated heterocycles. The molecule has 0 N–H and O–H groups in total. The highest BCUT2D eigenvalue weighted by atomic mass is 32.2. The Bertz CT molecular complexity index is 306. The first kappa shape index (κ1) is 7.87. The number of rotatable bonds is 0. The molecule has 0 fully saturated rings. The average Bonchev–Trinajstić information content (AvgIpc) is 2.25. The summed E-state index contributed by atoms with van der Waals surface area (Å²) in [6.07, 6.45) is 2.77. The number of fused-ring (bicyclic) bond motifs is 1. The van der Waals surface area contributed by atoms with Gasteiger partial charge in [0.2, 0.25) is 0 Å². The minimum absolute atomic E-state index is 0.306. The highest BCUT2D eigenvalue weighted by Gasteiger charge is 2.12. The Kier molecular flexibility index (Phi) is 2.17. The van der Waals surface area contributed by atoms with Crippen LogP contribution < -0.4 is 0 Å². The Morgan fingerprint density at radius 2 is 2.00 bits per heavy atom. The summed E-state index contributed by atoms with van der Waals surface area (Å²) in [5, 5.41) is 0.306. The molecule has 2 rings (SSSR count). The number of aryl methyl sites for hydroxylation is 1. The normalized spacial score (nSPS) is 16.8. The lowest BCUT2D eigenvalue weighted by atomic mass is 10.1. The molecule has 0 bridgehead atoms. The third kappa shape index (κ3) is 1.53. The number of carbonyl (C=O) groups excluding carboxylic acids is 1. The van der Waals surface area contributed by atoms with Gasteiger partial charge >= 0.3 is 0 Å². The lowest BCUT2D eigenvalue weighted by Gasteiger charge is -2.00. The van der Waals surface area contributed by atoms with Gasteiger partial charge in [-0.3, -0.25) is 4.79 Å². The molecular formula is C10H10OS.